The van der Waals surface area contributed by atoms with Crippen molar-refractivity contribution in [3.8, 4) is 0 Å². The van der Waals surface area contributed by atoms with Crippen LogP contribution in [0.4, 0.5) is 11.5 Å². The van der Waals surface area contributed by atoms with Crippen LogP contribution in [0.1, 0.15) is 16.1 Å². The standard InChI is InChI=1S/C15H15ClN4O/c1-3-6-17-15(21)13-8-14(19-9-18-13)20-12-5-4-11(16)7-10(12)2/h3-5,7-9H,1,6H2,2H3,(H,17,21)(H,18,19,20). The molecule has 6 heteroatoms. The molecule has 0 bridgehead atoms. The summed E-state index contributed by atoms with van der Waals surface area (Å²) >= 11 is 5.92. The predicted molar refractivity (Wildman–Crippen MR) is 84.0 cm³/mol. The van der Waals surface area contributed by atoms with E-state index in [9.17, 15) is 4.79 Å². The van der Waals surface area contributed by atoms with Gasteiger partial charge in [0.25, 0.3) is 5.91 Å². The second kappa shape index (κ2) is 6.85. The zero-order valence-electron chi connectivity index (χ0n) is 11.6. The second-order valence-electron chi connectivity index (χ2n) is 4.37. The molecule has 0 saturated carbocycles. The third-order valence-electron chi connectivity index (χ3n) is 2.76. The molecule has 108 valence electrons. The maximum atomic E-state index is 11.8. The van der Waals surface area contributed by atoms with Gasteiger partial charge in [0.15, 0.2) is 0 Å². The van der Waals surface area contributed by atoms with Crippen LogP contribution in [-0.2, 0) is 0 Å². The van der Waals surface area contributed by atoms with E-state index in [0.717, 1.165) is 11.3 Å². The summed E-state index contributed by atoms with van der Waals surface area (Å²) in [5.74, 6) is 0.271. The maximum absolute atomic E-state index is 11.8. The number of aryl methyl sites for hydroxylation is 1. The van der Waals surface area contributed by atoms with Crippen molar-refractivity contribution in [3.63, 3.8) is 0 Å². The van der Waals surface area contributed by atoms with Crippen LogP contribution in [-0.4, -0.2) is 22.4 Å². The van der Waals surface area contributed by atoms with Gasteiger partial charge in [-0.25, -0.2) is 9.97 Å². The number of anilines is 2. The van der Waals surface area contributed by atoms with Crippen LogP contribution in [0.15, 0.2) is 43.2 Å². The first-order valence-electron chi connectivity index (χ1n) is 6.34. The van der Waals surface area contributed by atoms with Crippen LogP contribution < -0.4 is 10.6 Å². The highest BCUT2D eigenvalue weighted by molar-refractivity contribution is 6.30. The molecule has 0 radical (unpaired) electrons. The van der Waals surface area contributed by atoms with Gasteiger partial charge in [-0.2, -0.15) is 0 Å². The molecule has 2 rings (SSSR count). The van der Waals surface area contributed by atoms with Crippen molar-refractivity contribution in [1.29, 1.82) is 0 Å². The van der Waals surface area contributed by atoms with Crippen LogP contribution >= 0.6 is 11.6 Å². The molecule has 1 aromatic carbocycles. The molecule has 2 N–H and O–H groups in total. The first-order valence-corrected chi connectivity index (χ1v) is 6.72. The van der Waals surface area contributed by atoms with E-state index < -0.39 is 0 Å². The lowest BCUT2D eigenvalue weighted by molar-refractivity contribution is 0.0953. The van der Waals surface area contributed by atoms with Crippen molar-refractivity contribution in [2.45, 2.75) is 6.92 Å². The fourth-order valence-electron chi connectivity index (χ4n) is 1.71. The van der Waals surface area contributed by atoms with E-state index in [0.29, 0.717) is 23.1 Å². The summed E-state index contributed by atoms with van der Waals surface area (Å²) < 4.78 is 0. The van der Waals surface area contributed by atoms with Crippen molar-refractivity contribution in [2.75, 3.05) is 11.9 Å². The minimum atomic E-state index is -0.270. The van der Waals surface area contributed by atoms with Crippen LogP contribution in [0.2, 0.25) is 5.02 Å². The predicted octanol–water partition coefficient (Wildman–Crippen LogP) is 3.10. The van der Waals surface area contributed by atoms with E-state index in [4.69, 9.17) is 11.6 Å². The molecule has 1 aromatic heterocycles. The summed E-state index contributed by atoms with van der Waals surface area (Å²) in [7, 11) is 0. The van der Waals surface area contributed by atoms with Gasteiger partial charge in [-0.1, -0.05) is 17.7 Å². The van der Waals surface area contributed by atoms with Gasteiger partial charge in [0, 0.05) is 23.3 Å². The average Bonchev–Trinajstić information content (AvgIpc) is 2.48. The van der Waals surface area contributed by atoms with Crippen LogP contribution in [0.25, 0.3) is 0 Å². The molecule has 0 spiro atoms. The van der Waals surface area contributed by atoms with Crippen molar-refractivity contribution >= 4 is 29.0 Å². The molecule has 0 saturated heterocycles. The fraction of sp³-hybridized carbons (Fsp3) is 0.133. The molecule has 0 aliphatic heterocycles. The Hall–Kier alpha value is -2.40. The summed E-state index contributed by atoms with van der Waals surface area (Å²) in [4.78, 5) is 19.9. The molecule has 0 unspecified atom stereocenters. The quantitative estimate of drug-likeness (QED) is 0.833. The van der Waals surface area contributed by atoms with E-state index in [1.807, 2.05) is 19.1 Å². The molecule has 2 aromatic rings. The van der Waals surface area contributed by atoms with Gasteiger partial charge in [-0.05, 0) is 30.7 Å². The number of benzene rings is 1. The number of carbonyl (C=O) groups excluding carboxylic acids is 1. The molecule has 1 amide bonds. The molecule has 0 aliphatic rings. The lowest BCUT2D eigenvalue weighted by Gasteiger charge is -2.09. The summed E-state index contributed by atoms with van der Waals surface area (Å²) in [5, 5.41) is 6.48. The van der Waals surface area contributed by atoms with Gasteiger partial charge in [0.1, 0.15) is 17.8 Å². The van der Waals surface area contributed by atoms with Gasteiger partial charge in [-0.15, -0.1) is 6.58 Å². The van der Waals surface area contributed by atoms with Crippen molar-refractivity contribution in [1.82, 2.24) is 15.3 Å². The van der Waals surface area contributed by atoms with Crippen LogP contribution in [0.3, 0.4) is 0 Å². The second-order valence-corrected chi connectivity index (χ2v) is 4.81. The van der Waals surface area contributed by atoms with Gasteiger partial charge in [-0.3, -0.25) is 4.79 Å². The van der Waals surface area contributed by atoms with Gasteiger partial charge in [0.05, 0.1) is 0 Å². The van der Waals surface area contributed by atoms with Gasteiger partial charge >= 0.3 is 0 Å². The third-order valence-corrected chi connectivity index (χ3v) is 2.99. The fourth-order valence-corrected chi connectivity index (χ4v) is 1.94. The zero-order chi connectivity index (χ0) is 15.2. The Balaban J connectivity index is 2.17. The Morgan fingerprint density at radius 2 is 2.19 bits per heavy atom. The van der Waals surface area contributed by atoms with Crippen molar-refractivity contribution in [2.24, 2.45) is 0 Å². The topological polar surface area (TPSA) is 66.9 Å². The van der Waals surface area contributed by atoms with E-state index in [1.54, 1.807) is 18.2 Å². The highest BCUT2D eigenvalue weighted by Gasteiger charge is 2.08. The van der Waals surface area contributed by atoms with Gasteiger partial charge < -0.3 is 10.6 Å². The molecule has 0 aliphatic carbocycles. The number of nitrogens with zero attached hydrogens (tertiary/aromatic N) is 2. The molecule has 5 nitrogen and oxygen atoms in total. The number of nitrogens with one attached hydrogen (secondary N) is 2. The number of hydrogen-bond donors (Lipinski definition) is 2. The largest absolute Gasteiger partial charge is 0.347 e. The number of hydrogen-bond acceptors (Lipinski definition) is 4. The zero-order valence-corrected chi connectivity index (χ0v) is 12.3. The Kier molecular flexibility index (Phi) is 4.90. The number of carbonyl (C=O) groups is 1. The smallest absolute Gasteiger partial charge is 0.270 e. The van der Waals surface area contributed by atoms with E-state index >= 15 is 0 Å². The minimum absolute atomic E-state index is 0.270. The minimum Gasteiger partial charge on any atom is -0.347 e. The number of halogens is 1. The maximum Gasteiger partial charge on any atom is 0.270 e. The molecular formula is C15H15ClN4O. The number of amides is 1. The average molecular weight is 303 g/mol. The first-order chi connectivity index (χ1) is 10.1. The highest BCUT2D eigenvalue weighted by atomic mass is 35.5. The summed E-state index contributed by atoms with van der Waals surface area (Å²) in [6.45, 7) is 5.87. The first kappa shape index (κ1) is 15.0. The Labute approximate surface area is 128 Å². The SMILES string of the molecule is C=CCNC(=O)c1cc(Nc2ccc(Cl)cc2C)ncn1. The number of rotatable bonds is 5. The number of aromatic nitrogens is 2. The highest BCUT2D eigenvalue weighted by Crippen LogP contribution is 2.22. The Bertz CT molecular complexity index is 672. The van der Waals surface area contributed by atoms with E-state index in [2.05, 4.69) is 27.2 Å². The Morgan fingerprint density at radius 1 is 1.38 bits per heavy atom. The monoisotopic (exact) mass is 302 g/mol. The summed E-state index contributed by atoms with van der Waals surface area (Å²) in [6.07, 6.45) is 2.95. The van der Waals surface area contributed by atoms with Crippen molar-refractivity contribution in [3.05, 3.63) is 59.5 Å². The van der Waals surface area contributed by atoms with Crippen LogP contribution in [0, 0.1) is 6.92 Å². The molecule has 0 fully saturated rings. The van der Waals surface area contributed by atoms with Crippen LogP contribution in [0.5, 0.6) is 0 Å². The summed E-state index contributed by atoms with van der Waals surface area (Å²) in [5.41, 5.74) is 2.15. The van der Waals surface area contributed by atoms with Crippen molar-refractivity contribution < 1.29 is 4.79 Å². The van der Waals surface area contributed by atoms with Gasteiger partial charge in [0.2, 0.25) is 0 Å². The lowest BCUT2D eigenvalue weighted by atomic mass is 10.2. The lowest BCUT2D eigenvalue weighted by Crippen LogP contribution is -2.24. The normalized spacial score (nSPS) is 10.0. The third kappa shape index (κ3) is 4.03. The van der Waals surface area contributed by atoms with E-state index in [-0.39, 0.29) is 5.91 Å². The summed E-state index contributed by atoms with van der Waals surface area (Å²) in [6, 6.07) is 7.09. The molecule has 1 heterocycles. The van der Waals surface area contributed by atoms with E-state index in [1.165, 1.54) is 6.33 Å². The molecule has 21 heavy (non-hydrogen) atoms. The molecule has 0 atom stereocenters. The molecular weight excluding hydrogens is 288 g/mol. The Morgan fingerprint density at radius 3 is 2.90 bits per heavy atom.